The summed E-state index contributed by atoms with van der Waals surface area (Å²) in [7, 11) is -1.33. The first kappa shape index (κ1) is 21.7. The second-order valence-corrected chi connectivity index (χ2v) is 8.38. The van der Waals surface area contributed by atoms with Crippen LogP contribution < -0.4 is 0 Å². The Hall–Kier alpha value is -3.97. The van der Waals surface area contributed by atoms with E-state index in [0.717, 1.165) is 13.4 Å². The second-order valence-electron chi connectivity index (χ2n) is 6.40. The summed E-state index contributed by atoms with van der Waals surface area (Å²) >= 11 is 0. The first-order valence-corrected chi connectivity index (χ1v) is 10.7. The normalized spacial score (nSPS) is 10.9. The van der Waals surface area contributed by atoms with Gasteiger partial charge < -0.3 is 9.47 Å². The molecule has 0 N–H and O–H groups in total. The molecule has 0 saturated heterocycles. The Morgan fingerprint density at radius 1 is 1.03 bits per heavy atom. The maximum atomic E-state index is 12.6. The van der Waals surface area contributed by atoms with E-state index in [0.29, 0.717) is 5.69 Å². The molecule has 0 aliphatic heterocycles. The van der Waals surface area contributed by atoms with E-state index in [1.54, 1.807) is 30.3 Å². The molecule has 3 rings (SSSR count). The Bertz CT molecular complexity index is 1320. The number of hydrogen-bond acceptors (Lipinski definition) is 8. The number of nitrogens with zero attached hydrogens (tertiary/aromatic N) is 3. The van der Waals surface area contributed by atoms with E-state index in [4.69, 9.17) is 9.47 Å². The minimum absolute atomic E-state index is 0.0349. The smallest absolute Gasteiger partial charge is 0.357 e. The number of benzene rings is 2. The molecule has 0 aliphatic carbocycles. The van der Waals surface area contributed by atoms with Crippen LogP contribution in [0.25, 0.3) is 16.9 Å². The van der Waals surface area contributed by atoms with Crippen molar-refractivity contribution in [2.45, 2.75) is 4.90 Å². The highest BCUT2D eigenvalue weighted by molar-refractivity contribution is 7.90. The van der Waals surface area contributed by atoms with E-state index in [2.05, 4.69) is 5.10 Å². The lowest BCUT2D eigenvalue weighted by Crippen LogP contribution is -2.15. The third kappa shape index (κ3) is 4.04. The average molecular weight is 439 g/mol. The van der Waals surface area contributed by atoms with Gasteiger partial charge in [-0.25, -0.2) is 22.7 Å². The first-order chi connectivity index (χ1) is 14.7. The van der Waals surface area contributed by atoms with Crippen molar-refractivity contribution in [1.82, 2.24) is 9.78 Å². The molecule has 0 atom stereocenters. The average Bonchev–Trinajstić information content (AvgIpc) is 3.18. The molecule has 3 aromatic rings. The lowest BCUT2D eigenvalue weighted by molar-refractivity contribution is 0.0549. The number of hydrogen-bond donors (Lipinski definition) is 0. The topological polar surface area (TPSA) is 128 Å². The Morgan fingerprint density at radius 3 is 2.23 bits per heavy atom. The molecular formula is C21H17N3O6S. The molecule has 1 heterocycles. The van der Waals surface area contributed by atoms with Crippen molar-refractivity contribution >= 4 is 21.8 Å². The number of carbonyl (C=O) groups is 2. The van der Waals surface area contributed by atoms with Gasteiger partial charge >= 0.3 is 11.9 Å². The predicted octanol–water partition coefficient (Wildman–Crippen LogP) is 2.39. The van der Waals surface area contributed by atoms with Crippen LogP contribution >= 0.6 is 0 Å². The zero-order valence-electron chi connectivity index (χ0n) is 16.8. The van der Waals surface area contributed by atoms with E-state index < -0.39 is 21.8 Å². The molecular weight excluding hydrogens is 422 g/mol. The summed E-state index contributed by atoms with van der Waals surface area (Å²) in [4.78, 5) is 25.1. The van der Waals surface area contributed by atoms with Crippen molar-refractivity contribution in [1.29, 1.82) is 5.26 Å². The zero-order chi connectivity index (χ0) is 22.8. The molecule has 0 aliphatic rings. The van der Waals surface area contributed by atoms with Crippen LogP contribution in [0.5, 0.6) is 0 Å². The number of sulfone groups is 1. The van der Waals surface area contributed by atoms with Gasteiger partial charge in [-0.3, -0.25) is 0 Å². The minimum atomic E-state index is -3.65. The van der Waals surface area contributed by atoms with Crippen LogP contribution in [0.1, 0.15) is 26.4 Å². The molecule has 0 spiro atoms. The molecule has 0 fully saturated rings. The Morgan fingerprint density at radius 2 is 1.68 bits per heavy atom. The largest absolute Gasteiger partial charge is 0.465 e. The number of ether oxygens (including phenoxy) is 2. The van der Waals surface area contributed by atoms with Crippen molar-refractivity contribution < 1.29 is 27.5 Å². The highest BCUT2D eigenvalue weighted by Gasteiger charge is 2.31. The summed E-state index contributed by atoms with van der Waals surface area (Å²) in [6.45, 7) is 0. The van der Waals surface area contributed by atoms with E-state index in [1.807, 2.05) is 6.07 Å². The Balaban J connectivity index is 2.38. The summed E-state index contributed by atoms with van der Waals surface area (Å²) in [5, 5.41) is 13.8. The molecule has 31 heavy (non-hydrogen) atoms. The fourth-order valence-electron chi connectivity index (χ4n) is 3.04. The van der Waals surface area contributed by atoms with Gasteiger partial charge in [0.2, 0.25) is 0 Å². The monoisotopic (exact) mass is 439 g/mol. The number of esters is 2. The van der Waals surface area contributed by atoms with Crippen LogP contribution in [0.3, 0.4) is 0 Å². The van der Waals surface area contributed by atoms with Crippen molar-refractivity contribution in [2.24, 2.45) is 0 Å². The van der Waals surface area contributed by atoms with Crippen LogP contribution in [0, 0.1) is 11.3 Å². The molecule has 2 aromatic carbocycles. The van der Waals surface area contributed by atoms with E-state index in [-0.39, 0.29) is 33.0 Å². The van der Waals surface area contributed by atoms with Gasteiger partial charge in [-0.1, -0.05) is 24.3 Å². The fourth-order valence-corrected chi connectivity index (χ4v) is 3.86. The maximum absolute atomic E-state index is 12.6. The predicted molar refractivity (Wildman–Crippen MR) is 110 cm³/mol. The first-order valence-electron chi connectivity index (χ1n) is 8.82. The van der Waals surface area contributed by atoms with Gasteiger partial charge in [0.05, 0.1) is 30.4 Å². The summed E-state index contributed by atoms with van der Waals surface area (Å²) in [5.74, 6) is -1.67. The molecule has 9 nitrogen and oxygen atoms in total. The number of nitriles is 1. The van der Waals surface area contributed by atoms with Crippen LogP contribution in [-0.4, -0.2) is 50.6 Å². The molecule has 158 valence electrons. The second kappa shape index (κ2) is 8.41. The van der Waals surface area contributed by atoms with Crippen molar-refractivity contribution in [3.05, 3.63) is 65.4 Å². The molecule has 10 heteroatoms. The molecule has 0 amide bonds. The van der Waals surface area contributed by atoms with Gasteiger partial charge in [0, 0.05) is 11.8 Å². The van der Waals surface area contributed by atoms with Crippen LogP contribution in [0.15, 0.2) is 53.4 Å². The molecule has 0 radical (unpaired) electrons. The van der Waals surface area contributed by atoms with Crippen LogP contribution in [0.4, 0.5) is 0 Å². The molecule has 0 unspecified atom stereocenters. The van der Waals surface area contributed by atoms with Gasteiger partial charge in [0.1, 0.15) is 17.3 Å². The van der Waals surface area contributed by atoms with E-state index in [9.17, 15) is 23.3 Å². The fraction of sp³-hybridized carbons (Fsp3) is 0.143. The number of aromatic nitrogens is 2. The molecule has 0 bridgehead atoms. The van der Waals surface area contributed by atoms with E-state index >= 15 is 0 Å². The van der Waals surface area contributed by atoms with Gasteiger partial charge in [0.15, 0.2) is 15.5 Å². The summed E-state index contributed by atoms with van der Waals surface area (Å²) in [5.41, 5.74) is 0.310. The number of para-hydroxylation sites is 1. The summed E-state index contributed by atoms with van der Waals surface area (Å²) in [6.07, 6.45) is 0.988. The third-order valence-corrected chi connectivity index (χ3v) is 5.58. The quantitative estimate of drug-likeness (QED) is 0.554. The van der Waals surface area contributed by atoms with Crippen LogP contribution in [0.2, 0.25) is 0 Å². The van der Waals surface area contributed by atoms with Gasteiger partial charge in [0.25, 0.3) is 0 Å². The molecule has 1 aromatic heterocycles. The SMILES string of the molecule is COC(=O)c1c(-c2ccc(S(C)(=O)=O)c(C#N)c2)nn(-c2ccccc2)c1C(=O)OC. The number of methoxy groups -OCH3 is 2. The van der Waals surface area contributed by atoms with Crippen molar-refractivity contribution in [2.75, 3.05) is 20.5 Å². The lowest BCUT2D eigenvalue weighted by Gasteiger charge is -2.07. The maximum Gasteiger partial charge on any atom is 0.357 e. The van der Waals surface area contributed by atoms with Crippen molar-refractivity contribution in [3.63, 3.8) is 0 Å². The Kier molecular flexibility index (Phi) is 5.90. The minimum Gasteiger partial charge on any atom is -0.465 e. The standard InChI is InChI=1S/C21H17N3O6S/c1-29-20(25)17-18(13-9-10-16(31(3,27)28)14(11-13)12-22)23-24(19(17)21(26)30-2)15-7-5-4-6-8-15/h4-11H,1-3H3. The van der Waals surface area contributed by atoms with Crippen molar-refractivity contribution in [3.8, 4) is 23.0 Å². The zero-order valence-corrected chi connectivity index (χ0v) is 17.6. The summed E-state index contributed by atoms with van der Waals surface area (Å²) in [6, 6.07) is 14.4. The summed E-state index contributed by atoms with van der Waals surface area (Å²) < 4.78 is 34.8. The number of rotatable bonds is 5. The lowest BCUT2D eigenvalue weighted by atomic mass is 10.0. The van der Waals surface area contributed by atoms with E-state index in [1.165, 1.54) is 30.0 Å². The van der Waals surface area contributed by atoms with Crippen LogP contribution in [-0.2, 0) is 19.3 Å². The van der Waals surface area contributed by atoms with Gasteiger partial charge in [-0.2, -0.15) is 10.4 Å². The number of carbonyl (C=O) groups excluding carboxylic acids is 2. The van der Waals surface area contributed by atoms with Gasteiger partial charge in [-0.05, 0) is 24.3 Å². The highest BCUT2D eigenvalue weighted by Crippen LogP contribution is 2.31. The third-order valence-electron chi connectivity index (χ3n) is 4.43. The molecule has 0 saturated carbocycles. The van der Waals surface area contributed by atoms with Gasteiger partial charge in [-0.15, -0.1) is 0 Å². The Labute approximate surface area is 178 Å². The highest BCUT2D eigenvalue weighted by atomic mass is 32.2.